The van der Waals surface area contributed by atoms with Crippen molar-refractivity contribution in [3.63, 3.8) is 0 Å². The molecular formula is C22H20N8O. The molecule has 0 saturated heterocycles. The van der Waals surface area contributed by atoms with Gasteiger partial charge >= 0.3 is 0 Å². The molecule has 154 valence electrons. The molecule has 1 fully saturated rings. The van der Waals surface area contributed by atoms with Crippen LogP contribution in [-0.2, 0) is 17.4 Å². The van der Waals surface area contributed by atoms with Gasteiger partial charge in [0.05, 0.1) is 29.2 Å². The molecule has 0 radical (unpaired) electrons. The third kappa shape index (κ3) is 3.13. The largest absolute Gasteiger partial charge is 0.369 e. The molecule has 1 amide bonds. The fourth-order valence-electron chi connectivity index (χ4n) is 4.29. The first-order valence-corrected chi connectivity index (χ1v) is 9.98. The van der Waals surface area contributed by atoms with E-state index in [4.69, 9.17) is 15.8 Å². The highest BCUT2D eigenvalue weighted by atomic mass is 16.1. The Kier molecular flexibility index (Phi) is 4.29. The van der Waals surface area contributed by atoms with Gasteiger partial charge in [0.2, 0.25) is 5.91 Å². The topological polar surface area (TPSA) is 128 Å². The van der Waals surface area contributed by atoms with Crippen molar-refractivity contribution in [3.05, 3.63) is 48.9 Å². The molecular weight excluding hydrogens is 392 g/mol. The first kappa shape index (κ1) is 18.9. The third-order valence-electron chi connectivity index (χ3n) is 5.96. The fourth-order valence-corrected chi connectivity index (χ4v) is 4.29. The lowest BCUT2D eigenvalue weighted by molar-refractivity contribution is -0.128. The summed E-state index contributed by atoms with van der Waals surface area (Å²) < 4.78 is 3.52. The van der Waals surface area contributed by atoms with Gasteiger partial charge < -0.3 is 5.73 Å². The zero-order chi connectivity index (χ0) is 21.6. The lowest BCUT2D eigenvalue weighted by Gasteiger charge is -2.45. The lowest BCUT2D eigenvalue weighted by atomic mass is 9.66. The molecule has 0 atom stereocenters. The monoisotopic (exact) mass is 412 g/mol. The van der Waals surface area contributed by atoms with Crippen LogP contribution in [0, 0.1) is 17.2 Å². The van der Waals surface area contributed by atoms with E-state index in [-0.39, 0.29) is 18.2 Å². The van der Waals surface area contributed by atoms with Gasteiger partial charge in [0.25, 0.3) is 0 Å². The number of carbonyl (C=O) groups excluding carboxylic acids is 1. The van der Waals surface area contributed by atoms with Crippen molar-refractivity contribution in [1.82, 2.24) is 29.5 Å². The van der Waals surface area contributed by atoms with Gasteiger partial charge in [0.15, 0.2) is 0 Å². The molecule has 1 aliphatic rings. The Bertz CT molecular complexity index is 1340. The average Bonchev–Trinajstić information content (AvgIpc) is 3.39. The molecule has 5 rings (SSSR count). The molecule has 2 N–H and O–H groups in total. The minimum Gasteiger partial charge on any atom is -0.369 e. The number of aromatic nitrogens is 6. The molecule has 4 aromatic rings. The van der Waals surface area contributed by atoms with E-state index >= 15 is 0 Å². The summed E-state index contributed by atoms with van der Waals surface area (Å²) in [6.07, 6.45) is 6.75. The Hall–Kier alpha value is -4.06. The second-order valence-corrected chi connectivity index (χ2v) is 8.01. The number of primary amides is 1. The van der Waals surface area contributed by atoms with E-state index in [0.29, 0.717) is 29.9 Å². The smallest absolute Gasteiger partial charge is 0.220 e. The number of pyridine rings is 2. The summed E-state index contributed by atoms with van der Waals surface area (Å²) in [6, 6.07) is 11.8. The molecule has 31 heavy (non-hydrogen) atoms. The minimum atomic E-state index is -0.515. The van der Waals surface area contributed by atoms with Gasteiger partial charge in [0.1, 0.15) is 17.1 Å². The number of hydrogen-bond acceptors (Lipinski definition) is 6. The van der Waals surface area contributed by atoms with Crippen LogP contribution in [-0.4, -0.2) is 35.4 Å². The van der Waals surface area contributed by atoms with Crippen LogP contribution in [0.15, 0.2) is 48.9 Å². The van der Waals surface area contributed by atoms with Gasteiger partial charge in [-0.2, -0.15) is 15.5 Å². The van der Waals surface area contributed by atoms with E-state index in [9.17, 15) is 10.1 Å². The van der Waals surface area contributed by atoms with Gasteiger partial charge in [0, 0.05) is 36.9 Å². The van der Waals surface area contributed by atoms with Crippen LogP contribution >= 0.6 is 0 Å². The first-order valence-electron chi connectivity index (χ1n) is 9.98. The van der Waals surface area contributed by atoms with Crippen LogP contribution in [0.5, 0.6) is 0 Å². The predicted molar refractivity (Wildman–Crippen MR) is 113 cm³/mol. The van der Waals surface area contributed by atoms with Gasteiger partial charge in [-0.05, 0) is 43.2 Å². The van der Waals surface area contributed by atoms with Crippen LogP contribution in [0.3, 0.4) is 0 Å². The highest BCUT2D eigenvalue weighted by Crippen LogP contribution is 2.46. The van der Waals surface area contributed by atoms with Gasteiger partial charge in [-0.1, -0.05) is 0 Å². The summed E-state index contributed by atoms with van der Waals surface area (Å²) in [5.74, 6) is -0.556. The second kappa shape index (κ2) is 7.02. The Morgan fingerprint density at radius 3 is 2.74 bits per heavy atom. The van der Waals surface area contributed by atoms with E-state index in [0.717, 1.165) is 16.6 Å². The third-order valence-corrected chi connectivity index (χ3v) is 5.96. The van der Waals surface area contributed by atoms with E-state index in [1.807, 2.05) is 49.8 Å². The summed E-state index contributed by atoms with van der Waals surface area (Å²) in [6.45, 7) is 0. The van der Waals surface area contributed by atoms with Crippen LogP contribution in [0.1, 0.15) is 19.3 Å². The maximum absolute atomic E-state index is 11.5. The van der Waals surface area contributed by atoms with Crippen molar-refractivity contribution in [1.29, 1.82) is 5.26 Å². The molecule has 0 unspecified atom stereocenters. The van der Waals surface area contributed by atoms with Crippen molar-refractivity contribution in [2.75, 3.05) is 0 Å². The Morgan fingerprint density at radius 1 is 1.23 bits per heavy atom. The Balaban J connectivity index is 1.60. The standard InChI is InChI=1S/C22H20N8O/c1-29-9-4-16(27-29)19-11-18-15(3-2-8-25-18)20(26-19)17-5-10-30(28-17)22(6-7-23)12-14(13-22)21(24)31/h2-5,8-11,14H,6,12-13H2,1H3,(H2,24,31). The molecule has 4 heterocycles. The van der Waals surface area contributed by atoms with E-state index < -0.39 is 5.54 Å². The SMILES string of the molecule is Cn1ccc(-c2cc3ncccc3c(-c3ccn(C4(CC#N)CC(C(N)=O)C4)n3)n2)n1. The molecule has 0 spiro atoms. The van der Waals surface area contributed by atoms with Crippen LogP contribution < -0.4 is 5.73 Å². The molecule has 0 bridgehead atoms. The quantitative estimate of drug-likeness (QED) is 0.536. The van der Waals surface area contributed by atoms with Crippen molar-refractivity contribution in [2.45, 2.75) is 24.8 Å². The van der Waals surface area contributed by atoms with Crippen molar-refractivity contribution < 1.29 is 4.79 Å². The predicted octanol–water partition coefficient (Wildman–Crippen LogP) is 2.40. The van der Waals surface area contributed by atoms with Crippen molar-refractivity contribution in [3.8, 4) is 28.8 Å². The summed E-state index contributed by atoms with van der Waals surface area (Å²) in [7, 11) is 1.86. The summed E-state index contributed by atoms with van der Waals surface area (Å²) in [5, 5.41) is 19.5. The van der Waals surface area contributed by atoms with Crippen LogP contribution in [0.2, 0.25) is 0 Å². The summed E-state index contributed by atoms with van der Waals surface area (Å²) in [5.41, 5.74) is 8.57. The van der Waals surface area contributed by atoms with Gasteiger partial charge in [-0.15, -0.1) is 0 Å². The maximum atomic E-state index is 11.5. The second-order valence-electron chi connectivity index (χ2n) is 8.01. The number of fused-ring (bicyclic) bond motifs is 1. The molecule has 9 heteroatoms. The molecule has 0 aliphatic heterocycles. The van der Waals surface area contributed by atoms with E-state index in [1.54, 1.807) is 15.6 Å². The normalized spacial score (nSPS) is 20.3. The molecule has 1 saturated carbocycles. The van der Waals surface area contributed by atoms with Crippen LogP contribution in [0.25, 0.3) is 33.7 Å². The number of nitriles is 1. The zero-order valence-corrected chi connectivity index (χ0v) is 16.9. The number of carbonyl (C=O) groups is 1. The molecule has 0 aromatic carbocycles. The lowest BCUT2D eigenvalue weighted by Crippen LogP contribution is -2.50. The summed E-state index contributed by atoms with van der Waals surface area (Å²) >= 11 is 0. The van der Waals surface area contributed by atoms with E-state index in [1.165, 1.54) is 0 Å². The first-order chi connectivity index (χ1) is 15.0. The number of hydrogen-bond donors (Lipinski definition) is 1. The Labute approximate surface area is 178 Å². The number of nitrogens with zero attached hydrogens (tertiary/aromatic N) is 7. The summed E-state index contributed by atoms with van der Waals surface area (Å²) in [4.78, 5) is 20.9. The van der Waals surface area contributed by atoms with Crippen molar-refractivity contribution in [2.24, 2.45) is 18.7 Å². The zero-order valence-electron chi connectivity index (χ0n) is 16.9. The highest BCUT2D eigenvalue weighted by Gasteiger charge is 2.48. The highest BCUT2D eigenvalue weighted by molar-refractivity contribution is 5.93. The average molecular weight is 412 g/mol. The van der Waals surface area contributed by atoms with Crippen LogP contribution in [0.4, 0.5) is 0 Å². The number of rotatable bonds is 5. The van der Waals surface area contributed by atoms with Gasteiger partial charge in [-0.25, -0.2) is 4.98 Å². The number of nitrogens with two attached hydrogens (primary N) is 1. The van der Waals surface area contributed by atoms with E-state index in [2.05, 4.69) is 16.2 Å². The maximum Gasteiger partial charge on any atom is 0.220 e. The van der Waals surface area contributed by atoms with Gasteiger partial charge in [-0.3, -0.25) is 19.1 Å². The molecule has 4 aromatic heterocycles. The number of aryl methyl sites for hydroxylation is 1. The molecule has 1 aliphatic carbocycles. The van der Waals surface area contributed by atoms with Crippen molar-refractivity contribution >= 4 is 16.8 Å². The fraction of sp³-hybridized carbons (Fsp3) is 0.273. The number of amides is 1. The Morgan fingerprint density at radius 2 is 2.03 bits per heavy atom. The molecule has 9 nitrogen and oxygen atoms in total. The minimum absolute atomic E-state index is 0.225.